The molecule has 1 amide bonds. The van der Waals surface area contributed by atoms with E-state index in [4.69, 9.17) is 10.2 Å². The fourth-order valence-electron chi connectivity index (χ4n) is 3.19. The summed E-state index contributed by atoms with van der Waals surface area (Å²) < 4.78 is 5.19. The number of benzene rings is 1. The number of rotatable bonds is 5. The van der Waals surface area contributed by atoms with E-state index in [0.717, 1.165) is 18.2 Å². The maximum atomic E-state index is 12.2. The maximum absolute atomic E-state index is 12.2. The molecular weight excluding hydrogens is 302 g/mol. The molecule has 128 valence electrons. The van der Waals surface area contributed by atoms with Crippen LogP contribution in [0.4, 0.5) is 5.69 Å². The molecule has 1 saturated heterocycles. The lowest BCUT2D eigenvalue weighted by Crippen LogP contribution is -2.33. The number of likely N-dealkylation sites (tertiary alicyclic amines) is 1. The second-order valence-corrected chi connectivity index (χ2v) is 6.64. The van der Waals surface area contributed by atoms with Gasteiger partial charge in [0.15, 0.2) is 0 Å². The van der Waals surface area contributed by atoms with Crippen molar-refractivity contribution < 1.29 is 9.21 Å². The first-order chi connectivity index (χ1) is 11.6. The molecule has 5 nitrogen and oxygen atoms in total. The van der Waals surface area contributed by atoms with Crippen molar-refractivity contribution in [2.75, 3.05) is 18.4 Å². The molecular formula is C19H25N3O2. The minimum absolute atomic E-state index is 0.184. The Hall–Kier alpha value is -2.11. The Morgan fingerprint density at radius 1 is 1.38 bits per heavy atom. The molecule has 0 radical (unpaired) electrons. The Balaban J connectivity index is 1.57. The average molecular weight is 327 g/mol. The van der Waals surface area contributed by atoms with E-state index in [2.05, 4.69) is 29.3 Å². The summed E-state index contributed by atoms with van der Waals surface area (Å²) in [5.74, 6) is 1.20. The van der Waals surface area contributed by atoms with E-state index < -0.39 is 0 Å². The van der Waals surface area contributed by atoms with Gasteiger partial charge in [-0.1, -0.05) is 19.1 Å². The third-order valence-corrected chi connectivity index (χ3v) is 4.48. The number of nitrogens with one attached hydrogen (secondary N) is 1. The van der Waals surface area contributed by atoms with Crippen molar-refractivity contribution in [3.05, 3.63) is 53.5 Å². The van der Waals surface area contributed by atoms with Crippen LogP contribution in [0.5, 0.6) is 0 Å². The lowest BCUT2D eigenvalue weighted by molar-refractivity contribution is 0.102. The number of carbonyl (C=O) groups excluding carboxylic acids is 1. The molecule has 1 aliphatic rings. The minimum Gasteiger partial charge on any atom is -0.467 e. The van der Waals surface area contributed by atoms with Gasteiger partial charge >= 0.3 is 0 Å². The molecule has 1 aromatic carbocycles. The average Bonchev–Trinajstić information content (AvgIpc) is 3.06. The van der Waals surface area contributed by atoms with Gasteiger partial charge in [-0.2, -0.15) is 0 Å². The van der Waals surface area contributed by atoms with Crippen molar-refractivity contribution in [1.29, 1.82) is 0 Å². The summed E-state index contributed by atoms with van der Waals surface area (Å²) >= 11 is 0. The smallest absolute Gasteiger partial charge is 0.258 e. The molecule has 3 N–H and O–H groups in total. The number of piperidine rings is 1. The molecule has 2 aromatic rings. The maximum Gasteiger partial charge on any atom is 0.258 e. The lowest BCUT2D eigenvalue weighted by atomic mass is 10.00. The van der Waals surface area contributed by atoms with Crippen molar-refractivity contribution in [2.45, 2.75) is 32.9 Å². The molecule has 24 heavy (non-hydrogen) atoms. The number of furan rings is 1. The van der Waals surface area contributed by atoms with Crippen molar-refractivity contribution in [1.82, 2.24) is 4.90 Å². The summed E-state index contributed by atoms with van der Waals surface area (Å²) in [4.78, 5) is 14.7. The highest BCUT2D eigenvalue weighted by atomic mass is 16.3. The van der Waals surface area contributed by atoms with Crippen LogP contribution in [0.15, 0.2) is 41.0 Å². The summed E-state index contributed by atoms with van der Waals surface area (Å²) in [6.45, 7) is 5.92. The van der Waals surface area contributed by atoms with Gasteiger partial charge in [0, 0.05) is 18.8 Å². The van der Waals surface area contributed by atoms with Crippen LogP contribution in [0.1, 0.15) is 41.4 Å². The molecule has 3 rings (SSSR count). The van der Waals surface area contributed by atoms with Gasteiger partial charge in [-0.3, -0.25) is 9.69 Å². The Labute approximate surface area is 142 Å². The molecule has 0 spiro atoms. The number of hydrogen-bond donors (Lipinski definition) is 2. The second kappa shape index (κ2) is 7.64. The Morgan fingerprint density at radius 3 is 2.83 bits per heavy atom. The molecule has 0 bridgehead atoms. The fourth-order valence-corrected chi connectivity index (χ4v) is 3.19. The van der Waals surface area contributed by atoms with Gasteiger partial charge in [-0.15, -0.1) is 0 Å². The van der Waals surface area contributed by atoms with Crippen LogP contribution in [0, 0.1) is 5.92 Å². The van der Waals surface area contributed by atoms with E-state index in [1.54, 1.807) is 6.07 Å². The predicted molar refractivity (Wildman–Crippen MR) is 94.7 cm³/mol. The zero-order valence-electron chi connectivity index (χ0n) is 14.1. The highest BCUT2D eigenvalue weighted by molar-refractivity contribution is 6.04. The normalized spacial score (nSPS) is 18.5. The standard InChI is InChI=1S/C19H25N3O2/c1-14-3-2-8-22(11-14)12-15-4-6-17(7-5-15)21-19(23)16-9-18(10-20)24-13-16/h4-7,9,13-14H,2-3,8,10-12,20H2,1H3,(H,21,23). The highest BCUT2D eigenvalue weighted by Gasteiger charge is 2.16. The van der Waals surface area contributed by atoms with Crippen molar-refractivity contribution in [2.24, 2.45) is 11.7 Å². The highest BCUT2D eigenvalue weighted by Crippen LogP contribution is 2.19. The summed E-state index contributed by atoms with van der Waals surface area (Å²) in [7, 11) is 0. The molecule has 1 fully saturated rings. The van der Waals surface area contributed by atoms with Crippen molar-refractivity contribution >= 4 is 11.6 Å². The first-order valence-corrected chi connectivity index (χ1v) is 8.54. The van der Waals surface area contributed by atoms with Crippen LogP contribution >= 0.6 is 0 Å². The van der Waals surface area contributed by atoms with E-state index in [1.807, 2.05) is 12.1 Å². The van der Waals surface area contributed by atoms with Crippen LogP contribution in [0.2, 0.25) is 0 Å². The number of nitrogens with zero attached hydrogens (tertiary/aromatic N) is 1. The minimum atomic E-state index is -0.184. The molecule has 1 aromatic heterocycles. The quantitative estimate of drug-likeness (QED) is 0.884. The van der Waals surface area contributed by atoms with Crippen molar-refractivity contribution in [3.63, 3.8) is 0 Å². The van der Waals surface area contributed by atoms with E-state index in [0.29, 0.717) is 11.3 Å². The Bertz CT molecular complexity index is 678. The lowest BCUT2D eigenvalue weighted by Gasteiger charge is -2.30. The predicted octanol–water partition coefficient (Wildman–Crippen LogP) is 3.22. The summed E-state index contributed by atoms with van der Waals surface area (Å²) in [5.41, 5.74) is 8.03. The summed E-state index contributed by atoms with van der Waals surface area (Å²) in [6, 6.07) is 9.72. The molecule has 1 atom stereocenters. The topological polar surface area (TPSA) is 71.5 Å². The van der Waals surface area contributed by atoms with Crippen LogP contribution in [0.3, 0.4) is 0 Å². The third-order valence-electron chi connectivity index (χ3n) is 4.48. The van der Waals surface area contributed by atoms with Gasteiger partial charge in [0.05, 0.1) is 12.1 Å². The zero-order chi connectivity index (χ0) is 16.9. The van der Waals surface area contributed by atoms with Gasteiger partial charge in [0.25, 0.3) is 5.91 Å². The van der Waals surface area contributed by atoms with Crippen LogP contribution < -0.4 is 11.1 Å². The molecule has 1 aliphatic heterocycles. The van der Waals surface area contributed by atoms with Crippen LogP contribution in [-0.2, 0) is 13.1 Å². The van der Waals surface area contributed by atoms with Gasteiger partial charge in [-0.05, 0) is 49.1 Å². The first-order valence-electron chi connectivity index (χ1n) is 8.54. The number of nitrogens with two attached hydrogens (primary N) is 1. The summed E-state index contributed by atoms with van der Waals surface area (Å²) in [5, 5.41) is 2.88. The van der Waals surface area contributed by atoms with E-state index in [9.17, 15) is 4.79 Å². The summed E-state index contributed by atoms with van der Waals surface area (Å²) in [6.07, 6.45) is 4.05. The second-order valence-electron chi connectivity index (χ2n) is 6.64. The molecule has 5 heteroatoms. The van der Waals surface area contributed by atoms with E-state index in [1.165, 1.54) is 37.8 Å². The number of amides is 1. The SMILES string of the molecule is CC1CCCN(Cc2ccc(NC(=O)c3coc(CN)c3)cc2)C1. The molecule has 1 unspecified atom stereocenters. The van der Waals surface area contributed by atoms with Gasteiger partial charge in [-0.25, -0.2) is 0 Å². The molecule has 0 saturated carbocycles. The molecule has 0 aliphatic carbocycles. The van der Waals surface area contributed by atoms with Gasteiger partial charge in [0.1, 0.15) is 12.0 Å². The van der Waals surface area contributed by atoms with Gasteiger partial charge < -0.3 is 15.5 Å². The van der Waals surface area contributed by atoms with Crippen LogP contribution in [0.25, 0.3) is 0 Å². The number of carbonyl (C=O) groups is 1. The van der Waals surface area contributed by atoms with E-state index in [-0.39, 0.29) is 12.5 Å². The van der Waals surface area contributed by atoms with Gasteiger partial charge in [0.2, 0.25) is 0 Å². The van der Waals surface area contributed by atoms with E-state index >= 15 is 0 Å². The third kappa shape index (κ3) is 4.24. The monoisotopic (exact) mass is 327 g/mol. The first kappa shape index (κ1) is 16.7. The Kier molecular flexibility index (Phi) is 5.33. The van der Waals surface area contributed by atoms with Crippen molar-refractivity contribution in [3.8, 4) is 0 Å². The molecule has 2 heterocycles. The largest absolute Gasteiger partial charge is 0.467 e. The Morgan fingerprint density at radius 2 is 2.17 bits per heavy atom. The number of hydrogen-bond acceptors (Lipinski definition) is 4. The van der Waals surface area contributed by atoms with Crippen LogP contribution in [-0.4, -0.2) is 23.9 Å². The fraction of sp³-hybridized carbons (Fsp3) is 0.421. The zero-order valence-corrected chi connectivity index (χ0v) is 14.1. The number of anilines is 1.